The monoisotopic (exact) mass is 562 g/mol. The molecule has 1 aliphatic heterocycles. The van der Waals surface area contributed by atoms with Crippen LogP contribution in [0.1, 0.15) is 38.2 Å². The topological polar surface area (TPSA) is 134 Å². The van der Waals surface area contributed by atoms with Gasteiger partial charge in [0.25, 0.3) is 0 Å². The van der Waals surface area contributed by atoms with Gasteiger partial charge in [-0.05, 0) is 62.4 Å². The molecule has 0 spiro atoms. The summed E-state index contributed by atoms with van der Waals surface area (Å²) in [5.41, 5.74) is 0.817. The second kappa shape index (κ2) is 14.4. The summed E-state index contributed by atoms with van der Waals surface area (Å²) in [5.74, 6) is 0.513. The maximum Gasteiger partial charge on any atom is 0.407 e. The number of carboxylic acid groups (broad SMARTS) is 1. The lowest BCUT2D eigenvalue weighted by Gasteiger charge is -2.38. The molecule has 10 nitrogen and oxygen atoms in total. The van der Waals surface area contributed by atoms with Crippen LogP contribution in [0.5, 0.6) is 5.75 Å². The minimum absolute atomic E-state index is 0.0124. The normalized spacial score (nSPS) is 17.1. The lowest BCUT2D eigenvalue weighted by molar-refractivity contribution is -0.117. The van der Waals surface area contributed by atoms with E-state index >= 15 is 0 Å². The van der Waals surface area contributed by atoms with Gasteiger partial charge in [0.05, 0.1) is 36.8 Å². The van der Waals surface area contributed by atoms with Gasteiger partial charge in [-0.25, -0.2) is 13.2 Å². The smallest absolute Gasteiger partial charge is 0.407 e. The standard InChI is InChI=1S/C28H38N2O8S/c1-21(31)8-6-7-16-29(39(35,36)25-13-11-24(37-2)12-14-25)19-27(32)26(18-22-9-4-3-5-10-22)30(28(33)34)23-15-17-38-20-23/h3-5,9-14,23,26-27,32H,6-8,15-20H2,1-2H3,(H,33,34)/t23-,26-,27+/m0/s1. The van der Waals surface area contributed by atoms with E-state index in [4.69, 9.17) is 9.47 Å². The zero-order chi connectivity index (χ0) is 28.4. The van der Waals surface area contributed by atoms with Crippen molar-refractivity contribution in [1.82, 2.24) is 9.21 Å². The predicted octanol–water partition coefficient (Wildman–Crippen LogP) is 3.19. The lowest BCUT2D eigenvalue weighted by atomic mass is 9.97. The number of methoxy groups -OCH3 is 1. The Balaban J connectivity index is 1.92. The third-order valence-corrected chi connectivity index (χ3v) is 8.76. The molecule has 3 atom stereocenters. The molecule has 1 heterocycles. The second-order valence-corrected chi connectivity index (χ2v) is 11.7. The molecule has 39 heavy (non-hydrogen) atoms. The Morgan fingerprint density at radius 1 is 1.10 bits per heavy atom. The molecule has 1 saturated heterocycles. The molecule has 2 aromatic carbocycles. The molecule has 0 aliphatic carbocycles. The Bertz CT molecular complexity index is 1170. The van der Waals surface area contributed by atoms with Crippen LogP contribution in [0.4, 0.5) is 4.79 Å². The molecule has 0 saturated carbocycles. The highest BCUT2D eigenvalue weighted by Crippen LogP contribution is 2.25. The molecule has 2 aromatic rings. The fourth-order valence-corrected chi connectivity index (χ4v) is 6.28. The van der Waals surface area contributed by atoms with Crippen molar-refractivity contribution >= 4 is 21.9 Å². The maximum absolute atomic E-state index is 13.7. The first kappa shape index (κ1) is 30.6. The number of carbonyl (C=O) groups is 2. The number of nitrogens with zero attached hydrogens (tertiary/aromatic N) is 2. The van der Waals surface area contributed by atoms with Crippen LogP contribution in [0, 0.1) is 0 Å². The number of rotatable bonds is 15. The summed E-state index contributed by atoms with van der Waals surface area (Å²) in [6.45, 7) is 1.86. The van der Waals surface area contributed by atoms with Crippen LogP contribution < -0.4 is 4.74 Å². The van der Waals surface area contributed by atoms with E-state index in [1.165, 1.54) is 35.4 Å². The van der Waals surface area contributed by atoms with Crippen molar-refractivity contribution in [2.24, 2.45) is 0 Å². The zero-order valence-electron chi connectivity index (χ0n) is 22.4. The van der Waals surface area contributed by atoms with Crippen molar-refractivity contribution in [2.75, 3.05) is 33.4 Å². The van der Waals surface area contributed by atoms with Crippen LogP contribution >= 0.6 is 0 Å². The van der Waals surface area contributed by atoms with Gasteiger partial charge in [-0.2, -0.15) is 4.31 Å². The van der Waals surface area contributed by atoms with E-state index in [1.807, 2.05) is 30.3 Å². The zero-order valence-corrected chi connectivity index (χ0v) is 23.3. The van der Waals surface area contributed by atoms with Crippen molar-refractivity contribution in [2.45, 2.75) is 62.1 Å². The van der Waals surface area contributed by atoms with E-state index in [-0.39, 0.29) is 36.8 Å². The molecule has 3 rings (SSSR count). The number of aliphatic hydroxyl groups is 1. The summed E-state index contributed by atoms with van der Waals surface area (Å²) >= 11 is 0. The van der Waals surface area contributed by atoms with E-state index in [2.05, 4.69) is 0 Å². The van der Waals surface area contributed by atoms with Gasteiger partial charge < -0.3 is 24.5 Å². The summed E-state index contributed by atoms with van der Waals surface area (Å²) < 4.78 is 39.1. The number of sulfonamides is 1. The van der Waals surface area contributed by atoms with Crippen molar-refractivity contribution in [1.29, 1.82) is 0 Å². The van der Waals surface area contributed by atoms with E-state index in [0.29, 0.717) is 38.0 Å². The fraction of sp³-hybridized carbons (Fsp3) is 0.500. The van der Waals surface area contributed by atoms with Gasteiger partial charge in [0, 0.05) is 26.1 Å². The minimum Gasteiger partial charge on any atom is -0.497 e. The Morgan fingerprint density at radius 2 is 1.79 bits per heavy atom. The lowest BCUT2D eigenvalue weighted by Crippen LogP contribution is -2.56. The van der Waals surface area contributed by atoms with Crippen LogP contribution in [0.3, 0.4) is 0 Å². The number of ether oxygens (including phenoxy) is 2. The molecular weight excluding hydrogens is 524 g/mol. The number of Topliss-reactive ketones (excluding diaryl/α,β-unsaturated/α-hetero) is 1. The largest absolute Gasteiger partial charge is 0.497 e. The van der Waals surface area contributed by atoms with E-state index in [0.717, 1.165) is 5.56 Å². The molecule has 0 bridgehead atoms. The van der Waals surface area contributed by atoms with Gasteiger partial charge in [0.15, 0.2) is 0 Å². The number of unbranched alkanes of at least 4 members (excludes halogenated alkanes) is 1. The number of amides is 1. The van der Waals surface area contributed by atoms with Crippen LogP contribution in [-0.4, -0.2) is 91.3 Å². The molecule has 1 fully saturated rings. The second-order valence-electron chi connectivity index (χ2n) is 9.73. The van der Waals surface area contributed by atoms with Gasteiger partial charge in [0.1, 0.15) is 11.5 Å². The summed E-state index contributed by atoms with van der Waals surface area (Å²) in [4.78, 5) is 25.1. The van der Waals surface area contributed by atoms with Crippen LogP contribution in [0.25, 0.3) is 0 Å². The third kappa shape index (κ3) is 8.50. The Hall–Kier alpha value is -2.99. The first-order chi connectivity index (χ1) is 18.6. The fourth-order valence-electron chi connectivity index (χ4n) is 4.78. The van der Waals surface area contributed by atoms with Crippen molar-refractivity contribution in [3.63, 3.8) is 0 Å². The Morgan fingerprint density at radius 3 is 2.36 bits per heavy atom. The van der Waals surface area contributed by atoms with Crippen molar-refractivity contribution < 1.29 is 37.7 Å². The molecule has 0 unspecified atom stereocenters. The number of hydrogen-bond donors (Lipinski definition) is 2. The first-order valence-electron chi connectivity index (χ1n) is 13.1. The summed E-state index contributed by atoms with van der Waals surface area (Å²) in [6, 6.07) is 13.8. The molecule has 0 radical (unpaired) electrons. The average molecular weight is 563 g/mol. The average Bonchev–Trinajstić information content (AvgIpc) is 3.44. The number of carbonyl (C=O) groups excluding carboxylic acids is 1. The van der Waals surface area contributed by atoms with Crippen molar-refractivity contribution in [3.8, 4) is 5.75 Å². The van der Waals surface area contributed by atoms with E-state index in [9.17, 15) is 28.2 Å². The summed E-state index contributed by atoms with van der Waals surface area (Å²) in [7, 11) is -2.57. The maximum atomic E-state index is 13.7. The quantitative estimate of drug-likeness (QED) is 0.316. The molecule has 1 aliphatic rings. The number of ketones is 1. The van der Waals surface area contributed by atoms with Gasteiger partial charge in [-0.3, -0.25) is 4.90 Å². The molecule has 0 aromatic heterocycles. The number of aliphatic hydroxyl groups excluding tert-OH is 1. The van der Waals surface area contributed by atoms with Gasteiger partial charge in [-0.1, -0.05) is 30.3 Å². The van der Waals surface area contributed by atoms with Crippen LogP contribution in [0.2, 0.25) is 0 Å². The Kier molecular flexibility index (Phi) is 11.3. The number of benzene rings is 2. The van der Waals surface area contributed by atoms with Gasteiger partial charge in [-0.15, -0.1) is 0 Å². The highest BCUT2D eigenvalue weighted by atomic mass is 32.2. The van der Waals surface area contributed by atoms with Crippen LogP contribution in [0.15, 0.2) is 59.5 Å². The number of hydrogen-bond acceptors (Lipinski definition) is 7. The minimum atomic E-state index is -4.05. The molecule has 1 amide bonds. The predicted molar refractivity (Wildman–Crippen MR) is 145 cm³/mol. The molecule has 2 N–H and O–H groups in total. The highest BCUT2D eigenvalue weighted by Gasteiger charge is 2.39. The van der Waals surface area contributed by atoms with E-state index in [1.54, 1.807) is 12.1 Å². The van der Waals surface area contributed by atoms with Gasteiger partial charge in [0.2, 0.25) is 10.0 Å². The van der Waals surface area contributed by atoms with Gasteiger partial charge >= 0.3 is 6.09 Å². The molecular formula is C28H38N2O8S. The third-order valence-electron chi connectivity index (χ3n) is 6.88. The molecule has 214 valence electrons. The summed E-state index contributed by atoms with van der Waals surface area (Å²) in [6.07, 6.45) is -0.615. The SMILES string of the molecule is COc1ccc(S(=O)(=O)N(CCCCC(C)=O)C[C@@H](O)[C@H](Cc2ccccc2)N(C(=O)O)[C@H]2CCOC2)cc1. The van der Waals surface area contributed by atoms with Crippen LogP contribution in [-0.2, 0) is 26.0 Å². The van der Waals surface area contributed by atoms with E-state index < -0.39 is 34.3 Å². The summed E-state index contributed by atoms with van der Waals surface area (Å²) in [5, 5.41) is 21.7. The Labute approximate surface area is 230 Å². The molecule has 11 heteroatoms. The van der Waals surface area contributed by atoms with Crippen molar-refractivity contribution in [3.05, 3.63) is 60.2 Å². The first-order valence-corrected chi connectivity index (χ1v) is 14.5. The highest BCUT2D eigenvalue weighted by molar-refractivity contribution is 7.89.